The van der Waals surface area contributed by atoms with Crippen molar-refractivity contribution in [2.24, 2.45) is 0 Å². The molecule has 0 amide bonds. The summed E-state index contributed by atoms with van der Waals surface area (Å²) in [5.74, 6) is 0. The highest BCUT2D eigenvalue weighted by molar-refractivity contribution is 6.77. The van der Waals surface area contributed by atoms with Crippen molar-refractivity contribution in [3.63, 3.8) is 0 Å². The lowest BCUT2D eigenvalue weighted by Gasteiger charge is -2.17. The maximum atomic E-state index is 11.1. The minimum absolute atomic E-state index is 0.00772. The molecule has 1 aromatic heterocycles. The summed E-state index contributed by atoms with van der Waals surface area (Å²) in [5, 5.41) is -0.796. The minimum Gasteiger partial charge on any atom is -0.382 e. The van der Waals surface area contributed by atoms with Crippen molar-refractivity contribution < 1.29 is 9.53 Å². The SMILES string of the molecule is COCC1(n2ccc(C(Cl)(Cl)C(=O)Cl)c2)CC1. The number of alkyl halides is 2. The molecule has 0 N–H and O–H groups in total. The van der Waals surface area contributed by atoms with Gasteiger partial charge in [0.15, 0.2) is 0 Å². The Bertz CT molecular complexity index is 438. The second-order valence-electron chi connectivity index (χ2n) is 4.31. The number of carbonyl (C=O) groups excluding carboxylic acids is 1. The van der Waals surface area contributed by atoms with Gasteiger partial charge in [-0.25, -0.2) is 0 Å². The Kier molecular flexibility index (Phi) is 3.47. The van der Waals surface area contributed by atoms with Gasteiger partial charge in [0.05, 0.1) is 12.1 Å². The summed E-state index contributed by atoms with van der Waals surface area (Å²) in [4.78, 5) is 11.1. The third-order valence-electron chi connectivity index (χ3n) is 3.09. The zero-order valence-electron chi connectivity index (χ0n) is 9.25. The van der Waals surface area contributed by atoms with Crippen molar-refractivity contribution in [2.75, 3.05) is 13.7 Å². The standard InChI is InChI=1S/C11H12Cl3NO2/c1-17-7-10(3-4-10)15-5-2-8(6-15)11(13,14)9(12)16/h2,5-6H,3-4,7H2,1H3. The van der Waals surface area contributed by atoms with Gasteiger partial charge in [-0.05, 0) is 30.5 Å². The van der Waals surface area contributed by atoms with Crippen molar-refractivity contribution in [2.45, 2.75) is 22.7 Å². The van der Waals surface area contributed by atoms with Crippen LogP contribution in [0.2, 0.25) is 0 Å². The number of hydrogen-bond acceptors (Lipinski definition) is 2. The predicted molar refractivity (Wildman–Crippen MR) is 67.8 cm³/mol. The Morgan fingerprint density at radius 3 is 2.71 bits per heavy atom. The van der Waals surface area contributed by atoms with Crippen LogP contribution in [-0.2, 0) is 19.4 Å². The van der Waals surface area contributed by atoms with E-state index in [0.717, 1.165) is 12.8 Å². The summed E-state index contributed by atoms with van der Waals surface area (Å²) in [7, 11) is 1.67. The van der Waals surface area contributed by atoms with Gasteiger partial charge in [0.1, 0.15) is 0 Å². The Morgan fingerprint density at radius 1 is 1.59 bits per heavy atom. The third-order valence-corrected chi connectivity index (χ3v) is 4.35. The largest absolute Gasteiger partial charge is 0.382 e. The molecule has 1 fully saturated rings. The van der Waals surface area contributed by atoms with E-state index in [1.165, 1.54) is 0 Å². The van der Waals surface area contributed by atoms with Crippen molar-refractivity contribution in [3.05, 3.63) is 24.0 Å². The summed E-state index contributed by atoms with van der Waals surface area (Å²) in [5.41, 5.74) is 0.481. The van der Waals surface area contributed by atoms with Crippen LogP contribution < -0.4 is 0 Å². The molecule has 1 heterocycles. The van der Waals surface area contributed by atoms with E-state index in [1.54, 1.807) is 19.4 Å². The van der Waals surface area contributed by atoms with E-state index < -0.39 is 9.58 Å². The molecule has 0 saturated heterocycles. The molecule has 0 aromatic carbocycles. The number of rotatable bonds is 5. The number of aromatic nitrogens is 1. The molecule has 0 radical (unpaired) electrons. The molecule has 1 saturated carbocycles. The number of carbonyl (C=O) groups is 1. The summed E-state index contributed by atoms with van der Waals surface area (Å²) in [6.07, 6.45) is 5.69. The summed E-state index contributed by atoms with van der Waals surface area (Å²) in [6, 6.07) is 1.70. The van der Waals surface area contributed by atoms with Crippen LogP contribution in [-0.4, -0.2) is 23.5 Å². The minimum atomic E-state index is -1.68. The first kappa shape index (κ1) is 13.2. The molecule has 0 spiro atoms. The fraction of sp³-hybridized carbons (Fsp3) is 0.545. The van der Waals surface area contributed by atoms with Crippen LogP contribution in [0.25, 0.3) is 0 Å². The molecule has 2 rings (SSSR count). The lowest BCUT2D eigenvalue weighted by Crippen LogP contribution is -2.22. The van der Waals surface area contributed by atoms with E-state index in [1.807, 2.05) is 10.8 Å². The number of halogens is 3. The van der Waals surface area contributed by atoms with Crippen LogP contribution in [0.3, 0.4) is 0 Å². The van der Waals surface area contributed by atoms with E-state index in [-0.39, 0.29) is 5.54 Å². The molecule has 6 heteroatoms. The first-order chi connectivity index (χ1) is 7.92. The van der Waals surface area contributed by atoms with E-state index in [2.05, 4.69) is 0 Å². The van der Waals surface area contributed by atoms with Crippen molar-refractivity contribution >= 4 is 40.0 Å². The van der Waals surface area contributed by atoms with Crippen molar-refractivity contribution in [1.82, 2.24) is 4.57 Å². The predicted octanol–water partition coefficient (Wildman–Crippen LogP) is 3.02. The van der Waals surface area contributed by atoms with Gasteiger partial charge in [-0.2, -0.15) is 0 Å². The molecular weight excluding hydrogens is 284 g/mol. The molecular formula is C11H12Cl3NO2. The van der Waals surface area contributed by atoms with E-state index in [9.17, 15) is 4.79 Å². The summed E-state index contributed by atoms with van der Waals surface area (Å²) < 4.78 is 5.49. The van der Waals surface area contributed by atoms with E-state index in [0.29, 0.717) is 12.2 Å². The van der Waals surface area contributed by atoms with Gasteiger partial charge in [-0.15, -0.1) is 0 Å². The summed E-state index contributed by atoms with van der Waals surface area (Å²) >= 11 is 17.2. The Labute approximate surface area is 115 Å². The quantitative estimate of drug-likeness (QED) is 0.618. The van der Waals surface area contributed by atoms with E-state index in [4.69, 9.17) is 39.5 Å². The molecule has 1 aliphatic rings. The highest BCUT2D eigenvalue weighted by Crippen LogP contribution is 2.45. The molecule has 94 valence electrons. The molecule has 1 aliphatic carbocycles. The normalized spacial score (nSPS) is 18.1. The van der Waals surface area contributed by atoms with Crippen LogP contribution in [0.15, 0.2) is 18.5 Å². The zero-order chi connectivity index (χ0) is 12.7. The van der Waals surface area contributed by atoms with E-state index >= 15 is 0 Å². The fourth-order valence-corrected chi connectivity index (χ4v) is 2.21. The highest BCUT2D eigenvalue weighted by Gasteiger charge is 2.45. The van der Waals surface area contributed by atoms with Gasteiger partial charge in [0.25, 0.3) is 5.24 Å². The second-order valence-corrected chi connectivity index (χ2v) is 5.98. The van der Waals surface area contributed by atoms with Gasteiger partial charge in [-0.3, -0.25) is 4.79 Å². The topological polar surface area (TPSA) is 31.2 Å². The zero-order valence-corrected chi connectivity index (χ0v) is 11.5. The van der Waals surface area contributed by atoms with Crippen LogP contribution >= 0.6 is 34.8 Å². The number of hydrogen-bond donors (Lipinski definition) is 0. The molecule has 0 unspecified atom stereocenters. The first-order valence-corrected chi connectivity index (χ1v) is 6.31. The van der Waals surface area contributed by atoms with Crippen LogP contribution in [0.4, 0.5) is 0 Å². The maximum Gasteiger partial charge on any atom is 0.262 e. The second kappa shape index (κ2) is 4.47. The molecule has 0 aliphatic heterocycles. The fourth-order valence-electron chi connectivity index (χ4n) is 1.88. The van der Waals surface area contributed by atoms with Gasteiger partial charge in [-0.1, -0.05) is 23.2 Å². The lowest BCUT2D eigenvalue weighted by molar-refractivity contribution is -0.112. The average Bonchev–Trinajstić information content (AvgIpc) is 2.87. The molecule has 1 aromatic rings. The third kappa shape index (κ3) is 2.34. The molecule has 0 bridgehead atoms. The molecule has 17 heavy (non-hydrogen) atoms. The lowest BCUT2D eigenvalue weighted by atomic mass is 10.2. The van der Waals surface area contributed by atoms with Gasteiger partial charge < -0.3 is 9.30 Å². The summed E-state index contributed by atoms with van der Waals surface area (Å²) in [6.45, 7) is 0.632. The molecule has 3 nitrogen and oxygen atoms in total. The molecule has 0 atom stereocenters. The van der Waals surface area contributed by atoms with Gasteiger partial charge >= 0.3 is 0 Å². The Hall–Kier alpha value is -0.220. The van der Waals surface area contributed by atoms with Crippen LogP contribution in [0.5, 0.6) is 0 Å². The van der Waals surface area contributed by atoms with Crippen LogP contribution in [0, 0.1) is 0 Å². The van der Waals surface area contributed by atoms with Gasteiger partial charge in [0.2, 0.25) is 4.33 Å². The Balaban J connectivity index is 2.25. The highest BCUT2D eigenvalue weighted by atomic mass is 35.5. The average molecular weight is 297 g/mol. The number of nitrogens with zero attached hydrogens (tertiary/aromatic N) is 1. The maximum absolute atomic E-state index is 11.1. The van der Waals surface area contributed by atoms with Crippen molar-refractivity contribution in [1.29, 1.82) is 0 Å². The monoisotopic (exact) mass is 295 g/mol. The number of ether oxygens (including phenoxy) is 1. The number of methoxy groups -OCH3 is 1. The van der Waals surface area contributed by atoms with Crippen molar-refractivity contribution in [3.8, 4) is 0 Å². The Morgan fingerprint density at radius 2 is 2.24 bits per heavy atom. The first-order valence-electron chi connectivity index (χ1n) is 5.18. The van der Waals surface area contributed by atoms with Gasteiger partial charge in [0, 0.05) is 25.1 Å². The smallest absolute Gasteiger partial charge is 0.262 e. The van der Waals surface area contributed by atoms with Crippen LogP contribution in [0.1, 0.15) is 18.4 Å².